The van der Waals surface area contributed by atoms with Gasteiger partial charge < -0.3 is 0 Å². The van der Waals surface area contributed by atoms with Crippen molar-refractivity contribution in [2.75, 3.05) is 11.5 Å². The van der Waals surface area contributed by atoms with Gasteiger partial charge in [0.1, 0.15) is 0 Å². The van der Waals surface area contributed by atoms with Gasteiger partial charge in [0.15, 0.2) is 0 Å². The van der Waals surface area contributed by atoms with Crippen molar-refractivity contribution in [3.63, 3.8) is 0 Å². The fourth-order valence-electron chi connectivity index (χ4n) is 1.58. The summed E-state index contributed by atoms with van der Waals surface area (Å²) in [6, 6.07) is 0. The van der Waals surface area contributed by atoms with Crippen molar-refractivity contribution < 1.29 is 0 Å². The summed E-state index contributed by atoms with van der Waals surface area (Å²) in [5.41, 5.74) is 0. The molecular formula is C12H22S2. The van der Waals surface area contributed by atoms with Crippen LogP contribution in [0.5, 0.6) is 0 Å². The first kappa shape index (κ1) is 12.5. The minimum absolute atomic E-state index is 0.804. The van der Waals surface area contributed by atoms with Gasteiger partial charge in [-0.2, -0.15) is 0 Å². The molecule has 0 radical (unpaired) electrons. The van der Waals surface area contributed by atoms with Crippen molar-refractivity contribution in [2.45, 2.75) is 40.5 Å². The number of rotatable bonds is 4. The van der Waals surface area contributed by atoms with Crippen LogP contribution in [0.2, 0.25) is 0 Å². The molecule has 0 N–H and O–H groups in total. The van der Waals surface area contributed by atoms with Gasteiger partial charge in [0.25, 0.3) is 0 Å². The lowest BCUT2D eigenvalue weighted by Gasteiger charge is -2.22. The summed E-state index contributed by atoms with van der Waals surface area (Å²) >= 11 is 4.20. The van der Waals surface area contributed by atoms with Crippen LogP contribution < -0.4 is 0 Å². The Kier molecular flexibility index (Phi) is 5.47. The van der Waals surface area contributed by atoms with Crippen LogP contribution in [-0.2, 0) is 0 Å². The lowest BCUT2D eigenvalue weighted by Crippen LogP contribution is -2.03. The minimum Gasteiger partial charge on any atom is -0.129 e. The fraction of sp³-hybridized carbons (Fsp3) is 0.833. The molecule has 14 heavy (non-hydrogen) atoms. The molecule has 2 heteroatoms. The molecule has 0 aromatic heterocycles. The summed E-state index contributed by atoms with van der Waals surface area (Å²) in [6.07, 6.45) is 2.58. The highest BCUT2D eigenvalue weighted by Crippen LogP contribution is 2.40. The van der Waals surface area contributed by atoms with Gasteiger partial charge >= 0.3 is 0 Å². The van der Waals surface area contributed by atoms with Crippen LogP contribution in [0.25, 0.3) is 0 Å². The quantitative estimate of drug-likeness (QED) is 0.682. The van der Waals surface area contributed by atoms with Gasteiger partial charge in [-0.05, 0) is 34.5 Å². The fourth-order valence-corrected chi connectivity index (χ4v) is 4.48. The lowest BCUT2D eigenvalue weighted by molar-refractivity contribution is 0.635. The molecule has 0 saturated carbocycles. The van der Waals surface area contributed by atoms with E-state index in [1.165, 1.54) is 24.3 Å². The molecule has 0 spiro atoms. The van der Waals surface area contributed by atoms with E-state index < -0.39 is 0 Å². The maximum Gasteiger partial charge on any atom is 0.00715 e. The molecule has 0 nitrogen and oxygen atoms in total. The number of allylic oxidation sites excluding steroid dienone is 2. The maximum absolute atomic E-state index is 2.32. The highest BCUT2D eigenvalue weighted by molar-refractivity contribution is 8.09. The topological polar surface area (TPSA) is 0 Å². The highest BCUT2D eigenvalue weighted by atomic mass is 32.2. The Morgan fingerprint density at radius 2 is 1.21 bits per heavy atom. The van der Waals surface area contributed by atoms with Gasteiger partial charge in [-0.1, -0.05) is 27.7 Å². The van der Waals surface area contributed by atoms with Crippen molar-refractivity contribution in [1.82, 2.24) is 0 Å². The monoisotopic (exact) mass is 230 g/mol. The van der Waals surface area contributed by atoms with Crippen LogP contribution in [0.1, 0.15) is 40.5 Å². The number of thioether (sulfide) groups is 2. The summed E-state index contributed by atoms with van der Waals surface area (Å²) in [7, 11) is 0. The largest absolute Gasteiger partial charge is 0.129 e. The molecule has 0 aromatic rings. The number of hydrogen-bond donors (Lipinski definition) is 0. The van der Waals surface area contributed by atoms with Gasteiger partial charge in [-0.15, -0.1) is 23.5 Å². The van der Waals surface area contributed by atoms with E-state index in [0.29, 0.717) is 0 Å². The summed E-state index contributed by atoms with van der Waals surface area (Å²) in [6.45, 7) is 9.28. The molecule has 0 amide bonds. The van der Waals surface area contributed by atoms with Gasteiger partial charge in [0.05, 0.1) is 0 Å². The molecule has 0 fully saturated rings. The lowest BCUT2D eigenvalue weighted by atomic mass is 10.1. The van der Waals surface area contributed by atoms with E-state index in [0.717, 1.165) is 11.8 Å². The van der Waals surface area contributed by atoms with Gasteiger partial charge in [0, 0.05) is 11.5 Å². The summed E-state index contributed by atoms with van der Waals surface area (Å²) in [5, 5.41) is 0. The molecule has 0 aromatic carbocycles. The molecule has 1 aliphatic heterocycles. The Morgan fingerprint density at radius 3 is 1.50 bits per heavy atom. The van der Waals surface area contributed by atoms with E-state index in [9.17, 15) is 0 Å². The third-order valence-electron chi connectivity index (χ3n) is 2.13. The van der Waals surface area contributed by atoms with Gasteiger partial charge in [0.2, 0.25) is 0 Å². The van der Waals surface area contributed by atoms with Crippen LogP contribution >= 0.6 is 23.5 Å². The van der Waals surface area contributed by atoms with Crippen molar-refractivity contribution in [1.29, 1.82) is 0 Å². The summed E-state index contributed by atoms with van der Waals surface area (Å²) < 4.78 is 0. The second-order valence-corrected chi connectivity index (χ2v) is 7.12. The molecule has 0 aliphatic carbocycles. The van der Waals surface area contributed by atoms with Crippen molar-refractivity contribution in [3.05, 3.63) is 9.81 Å². The SMILES string of the molecule is CC(C)CC1=C(CC(C)C)SCCS1. The predicted molar refractivity (Wildman–Crippen MR) is 70.9 cm³/mol. The standard InChI is InChI=1S/C12H22S2/c1-9(2)7-11-12(8-10(3)4)14-6-5-13-11/h9-10H,5-8H2,1-4H3. The predicted octanol–water partition coefficient (Wildman–Crippen LogP) is 4.77. The van der Waals surface area contributed by atoms with E-state index in [1.54, 1.807) is 9.81 Å². The van der Waals surface area contributed by atoms with Crippen LogP contribution in [0.15, 0.2) is 9.81 Å². The van der Waals surface area contributed by atoms with E-state index >= 15 is 0 Å². The van der Waals surface area contributed by atoms with Crippen LogP contribution in [0, 0.1) is 11.8 Å². The van der Waals surface area contributed by atoms with Gasteiger partial charge in [-0.25, -0.2) is 0 Å². The summed E-state index contributed by atoms with van der Waals surface area (Å²) in [5.74, 6) is 4.24. The normalized spacial score (nSPS) is 18.4. The molecule has 1 aliphatic rings. The molecule has 1 heterocycles. The maximum atomic E-state index is 2.32. The Morgan fingerprint density at radius 1 is 0.857 bits per heavy atom. The average molecular weight is 230 g/mol. The zero-order valence-electron chi connectivity index (χ0n) is 9.80. The van der Waals surface area contributed by atoms with Gasteiger partial charge in [-0.3, -0.25) is 0 Å². The Hall–Kier alpha value is 0.440. The Bertz CT molecular complexity index is 182. The molecule has 82 valence electrons. The van der Waals surface area contributed by atoms with Crippen molar-refractivity contribution in [2.24, 2.45) is 11.8 Å². The third-order valence-corrected chi connectivity index (χ3v) is 4.86. The summed E-state index contributed by atoms with van der Waals surface area (Å²) in [4.78, 5) is 3.37. The molecule has 0 bridgehead atoms. The van der Waals surface area contributed by atoms with Crippen molar-refractivity contribution in [3.8, 4) is 0 Å². The first-order valence-electron chi connectivity index (χ1n) is 5.57. The van der Waals surface area contributed by atoms with E-state index in [2.05, 4.69) is 51.2 Å². The Labute approximate surface area is 97.3 Å². The first-order chi connectivity index (χ1) is 6.59. The molecular weight excluding hydrogens is 208 g/mol. The van der Waals surface area contributed by atoms with E-state index in [4.69, 9.17) is 0 Å². The third kappa shape index (κ3) is 4.31. The second-order valence-electron chi connectivity index (χ2n) is 4.74. The van der Waals surface area contributed by atoms with E-state index in [1.807, 2.05) is 0 Å². The van der Waals surface area contributed by atoms with Crippen LogP contribution in [-0.4, -0.2) is 11.5 Å². The van der Waals surface area contributed by atoms with Crippen LogP contribution in [0.4, 0.5) is 0 Å². The molecule has 0 unspecified atom stereocenters. The average Bonchev–Trinajstić information content (AvgIpc) is 2.06. The molecule has 0 saturated heterocycles. The smallest absolute Gasteiger partial charge is 0.00715 e. The highest BCUT2D eigenvalue weighted by Gasteiger charge is 2.15. The second kappa shape index (κ2) is 6.12. The van der Waals surface area contributed by atoms with Crippen molar-refractivity contribution >= 4 is 23.5 Å². The number of hydrogen-bond acceptors (Lipinski definition) is 2. The van der Waals surface area contributed by atoms with Crippen LogP contribution in [0.3, 0.4) is 0 Å². The zero-order chi connectivity index (χ0) is 10.6. The zero-order valence-corrected chi connectivity index (χ0v) is 11.4. The molecule has 1 rings (SSSR count). The molecule has 0 atom stereocenters. The Balaban J connectivity index is 2.64. The first-order valence-corrected chi connectivity index (χ1v) is 7.54. The minimum atomic E-state index is 0.804. The van der Waals surface area contributed by atoms with E-state index in [-0.39, 0.29) is 0 Å².